The van der Waals surface area contributed by atoms with E-state index in [4.69, 9.17) is 5.11 Å². The van der Waals surface area contributed by atoms with Gasteiger partial charge in [0.05, 0.1) is 14.4 Å². The lowest BCUT2D eigenvalue weighted by Gasteiger charge is -2.30. The highest BCUT2D eigenvalue weighted by atomic mass is 31.2. The van der Waals surface area contributed by atoms with E-state index in [0.717, 1.165) is 0 Å². The Morgan fingerprint density at radius 3 is 2.38 bits per heavy atom. The molecule has 0 aromatic carbocycles. The summed E-state index contributed by atoms with van der Waals surface area (Å²) < 4.78 is 13.5. The standard InChI is InChI=1S/C4H10NO7P/c5-3(4(7)8)2(6)1-12-13(9,10)11/h2-3,6H,1,5H2,(H,7,8)(H2,9,10,11)/p-2/t2-,3+/m1/s1. The van der Waals surface area contributed by atoms with Gasteiger partial charge < -0.3 is 39.6 Å². The van der Waals surface area contributed by atoms with Crippen LogP contribution in [0.5, 0.6) is 0 Å². The second-order valence-corrected chi connectivity index (χ2v) is 3.39. The van der Waals surface area contributed by atoms with Crippen molar-refractivity contribution in [1.82, 2.24) is 0 Å². The van der Waals surface area contributed by atoms with Crippen molar-refractivity contribution in [2.75, 3.05) is 6.61 Å². The first-order valence-corrected chi connectivity index (χ1v) is 4.58. The van der Waals surface area contributed by atoms with Crippen LogP contribution in [-0.2, 0) is 13.9 Å². The lowest BCUT2D eigenvalue weighted by atomic mass is 10.2. The molecule has 0 heterocycles. The fourth-order valence-corrected chi connectivity index (χ4v) is 0.776. The molecule has 0 rings (SSSR count). The van der Waals surface area contributed by atoms with Crippen LogP contribution in [0.25, 0.3) is 0 Å². The number of phosphoric acid groups is 1. The molecule has 0 aromatic heterocycles. The van der Waals surface area contributed by atoms with Crippen molar-refractivity contribution in [3.63, 3.8) is 0 Å². The summed E-state index contributed by atoms with van der Waals surface area (Å²) in [5, 5.41) is 18.9. The molecule has 0 aliphatic carbocycles. The first kappa shape index (κ1) is 12.5. The Bertz CT molecular complexity index is 225. The van der Waals surface area contributed by atoms with Gasteiger partial charge in [-0.2, -0.15) is 0 Å². The van der Waals surface area contributed by atoms with Gasteiger partial charge in [0.15, 0.2) is 6.04 Å². The third-order valence-corrected chi connectivity index (χ3v) is 1.64. The van der Waals surface area contributed by atoms with Gasteiger partial charge in [-0.05, 0) is 0 Å². The molecule has 78 valence electrons. The molecule has 0 saturated heterocycles. The lowest BCUT2D eigenvalue weighted by molar-refractivity contribution is -0.452. The predicted molar refractivity (Wildman–Crippen MR) is 31.2 cm³/mol. The monoisotopic (exact) mass is 213 g/mol. The summed E-state index contributed by atoms with van der Waals surface area (Å²) in [6.45, 7) is -0.938. The highest BCUT2D eigenvalue weighted by molar-refractivity contribution is 7.43. The van der Waals surface area contributed by atoms with Crippen molar-refractivity contribution in [1.29, 1.82) is 0 Å². The molecule has 0 aliphatic heterocycles. The van der Waals surface area contributed by atoms with E-state index in [1.165, 1.54) is 0 Å². The molecule has 2 atom stereocenters. The third-order valence-electron chi connectivity index (χ3n) is 1.17. The maximum absolute atomic E-state index is 10.1. The highest BCUT2D eigenvalue weighted by Crippen LogP contribution is 2.24. The zero-order chi connectivity index (χ0) is 10.6. The van der Waals surface area contributed by atoms with E-state index >= 15 is 0 Å². The zero-order valence-corrected chi connectivity index (χ0v) is 7.31. The first-order valence-electron chi connectivity index (χ1n) is 3.12. The van der Waals surface area contributed by atoms with Crippen LogP contribution in [0.15, 0.2) is 0 Å². The number of hydrogen-bond donors (Lipinski definition) is 2. The summed E-state index contributed by atoms with van der Waals surface area (Å²) in [4.78, 5) is 29.8. The maximum atomic E-state index is 10.1. The normalized spacial score (nSPS) is 16.6. The zero-order valence-electron chi connectivity index (χ0n) is 6.41. The topological polar surface area (TPSA) is 160 Å². The van der Waals surface area contributed by atoms with E-state index in [9.17, 15) is 24.3 Å². The van der Waals surface area contributed by atoms with E-state index in [1.54, 1.807) is 0 Å². The van der Waals surface area contributed by atoms with Crippen LogP contribution in [0, 0.1) is 0 Å². The lowest BCUT2D eigenvalue weighted by Crippen LogP contribution is -2.73. The Balaban J connectivity index is 3.95. The molecule has 0 aliphatic rings. The van der Waals surface area contributed by atoms with Crippen molar-refractivity contribution in [2.24, 2.45) is 0 Å². The third kappa shape index (κ3) is 5.69. The predicted octanol–water partition coefficient (Wildman–Crippen LogP) is -5.45. The minimum absolute atomic E-state index is 0.938. The molecule has 4 N–H and O–H groups in total. The molecule has 8 nitrogen and oxygen atoms in total. The number of aliphatic carboxylic acids is 1. The maximum Gasteiger partial charge on any atom is 0.153 e. The smallest absolute Gasteiger partial charge is 0.153 e. The molecular weight excluding hydrogens is 205 g/mol. The van der Waals surface area contributed by atoms with E-state index in [2.05, 4.69) is 10.3 Å². The number of phosphoric ester groups is 1. The number of carboxylic acids is 1. The molecule has 9 heteroatoms. The number of carboxylic acid groups (broad SMARTS) is 1. The van der Waals surface area contributed by atoms with Gasteiger partial charge in [0, 0.05) is 0 Å². The van der Waals surface area contributed by atoms with Crippen LogP contribution in [0.4, 0.5) is 0 Å². The molecule has 0 saturated carbocycles. The summed E-state index contributed by atoms with van der Waals surface area (Å²) in [5.41, 5.74) is 2.95. The molecule has 0 amide bonds. The van der Waals surface area contributed by atoms with Gasteiger partial charge >= 0.3 is 0 Å². The first-order chi connectivity index (χ1) is 5.74. The average Bonchev–Trinajstić information content (AvgIpc) is 1.97. The van der Waals surface area contributed by atoms with Gasteiger partial charge in [-0.1, -0.05) is 0 Å². The van der Waals surface area contributed by atoms with Crippen molar-refractivity contribution in [2.45, 2.75) is 12.1 Å². The Hall–Kier alpha value is -0.500. The number of aliphatic hydroxyl groups excluding tert-OH is 1. The average molecular weight is 213 g/mol. The fraction of sp³-hybridized carbons (Fsp3) is 0.750. The molecular formula is C4H8NO7P-2. The number of carbonyl (C=O) groups is 1. The molecule has 0 bridgehead atoms. The van der Waals surface area contributed by atoms with E-state index < -0.39 is 32.5 Å². The molecule has 13 heavy (non-hydrogen) atoms. The number of aliphatic hydroxyl groups is 1. The van der Waals surface area contributed by atoms with Crippen molar-refractivity contribution in [3.8, 4) is 0 Å². The quantitative estimate of drug-likeness (QED) is 0.430. The van der Waals surface area contributed by atoms with Crippen LogP contribution in [-0.4, -0.2) is 29.8 Å². The Morgan fingerprint density at radius 1 is 1.62 bits per heavy atom. The van der Waals surface area contributed by atoms with Gasteiger partial charge in [0.1, 0.15) is 12.1 Å². The van der Waals surface area contributed by atoms with Crippen LogP contribution < -0.4 is 20.6 Å². The molecule has 0 spiro atoms. The van der Waals surface area contributed by atoms with Gasteiger partial charge in [-0.25, -0.2) is 0 Å². The number of carbonyl (C=O) groups excluding carboxylic acids is 1. The largest absolute Gasteiger partial charge is 0.790 e. The molecule has 0 aromatic rings. The van der Waals surface area contributed by atoms with Crippen molar-refractivity contribution < 1.29 is 39.6 Å². The molecule has 0 fully saturated rings. The Morgan fingerprint density at radius 2 is 2.08 bits per heavy atom. The van der Waals surface area contributed by atoms with E-state index in [1.807, 2.05) is 0 Å². The van der Waals surface area contributed by atoms with Crippen LogP contribution in [0.1, 0.15) is 0 Å². The van der Waals surface area contributed by atoms with Crippen LogP contribution >= 0.6 is 7.82 Å². The van der Waals surface area contributed by atoms with Crippen LogP contribution in [0.3, 0.4) is 0 Å². The van der Waals surface area contributed by atoms with E-state index in [-0.39, 0.29) is 0 Å². The second kappa shape index (κ2) is 4.66. The van der Waals surface area contributed by atoms with Gasteiger partial charge in [0.25, 0.3) is 0 Å². The minimum Gasteiger partial charge on any atom is -0.790 e. The number of rotatable bonds is 5. The van der Waals surface area contributed by atoms with Crippen LogP contribution in [0.2, 0.25) is 0 Å². The fourth-order valence-electron chi connectivity index (χ4n) is 0.441. The second-order valence-electron chi connectivity index (χ2n) is 2.24. The summed E-state index contributed by atoms with van der Waals surface area (Å²) in [6, 6.07) is -1.55. The summed E-state index contributed by atoms with van der Waals surface area (Å²) in [5.74, 6) is -1.66. The van der Waals surface area contributed by atoms with Crippen molar-refractivity contribution >= 4 is 13.8 Å². The highest BCUT2D eigenvalue weighted by Gasteiger charge is 2.19. The van der Waals surface area contributed by atoms with Gasteiger partial charge in [-0.15, -0.1) is 0 Å². The van der Waals surface area contributed by atoms with Crippen molar-refractivity contribution in [3.05, 3.63) is 0 Å². The Labute approximate surface area is 73.2 Å². The van der Waals surface area contributed by atoms with Gasteiger partial charge in [-0.3, -0.25) is 0 Å². The molecule has 0 radical (unpaired) electrons. The summed E-state index contributed by atoms with van der Waals surface area (Å²) in [7, 11) is -5.19. The van der Waals surface area contributed by atoms with E-state index in [0.29, 0.717) is 0 Å². The number of hydrogen-bond acceptors (Lipinski definition) is 7. The number of quaternary nitrogens is 1. The SMILES string of the molecule is [NH3+][C@H](C(=O)[O-])[C@H](O)COP(=O)([O-])[O-]. The molecule has 0 unspecified atom stereocenters. The van der Waals surface area contributed by atoms with Gasteiger partial charge in [0.2, 0.25) is 0 Å². The summed E-state index contributed by atoms with van der Waals surface area (Å²) >= 11 is 0. The summed E-state index contributed by atoms with van der Waals surface area (Å²) in [6.07, 6.45) is -1.69. The Kier molecular flexibility index (Phi) is 4.48. The minimum atomic E-state index is -5.19.